The molecule has 4 rings (SSSR count). The molecule has 0 aliphatic carbocycles. The molecule has 1 fully saturated rings. The summed E-state index contributed by atoms with van der Waals surface area (Å²) in [4.78, 5) is 23.9. The van der Waals surface area contributed by atoms with Crippen LogP contribution in [0.3, 0.4) is 0 Å². The third-order valence-corrected chi connectivity index (χ3v) is 5.57. The van der Waals surface area contributed by atoms with Gasteiger partial charge in [-0.2, -0.15) is 0 Å². The average molecular weight is 418 g/mol. The molecule has 3 aromatic rings. The fourth-order valence-electron chi connectivity index (χ4n) is 3.90. The third kappa shape index (κ3) is 4.60. The van der Waals surface area contributed by atoms with Crippen molar-refractivity contribution in [2.24, 2.45) is 0 Å². The van der Waals surface area contributed by atoms with Gasteiger partial charge in [-0.05, 0) is 49.2 Å². The molecule has 7 heteroatoms. The average Bonchev–Trinajstić information content (AvgIpc) is 2.84. The second kappa shape index (κ2) is 9.47. The van der Waals surface area contributed by atoms with Crippen molar-refractivity contribution in [3.63, 3.8) is 0 Å². The number of carbonyl (C=O) groups excluding carboxylic acids is 1. The van der Waals surface area contributed by atoms with Gasteiger partial charge in [0.15, 0.2) is 0 Å². The molecule has 0 unspecified atom stereocenters. The highest BCUT2D eigenvalue weighted by Crippen LogP contribution is 2.33. The largest absolute Gasteiger partial charge is 0.496 e. The Bertz CT molecular complexity index is 995. The van der Waals surface area contributed by atoms with Crippen LogP contribution in [0, 0.1) is 0 Å². The highest BCUT2D eigenvalue weighted by molar-refractivity contribution is 5.99. The Kier molecular flexibility index (Phi) is 6.31. The number of hydrogen-bond acceptors (Lipinski definition) is 6. The van der Waals surface area contributed by atoms with Crippen LogP contribution in [0.15, 0.2) is 60.9 Å². The number of hydrogen-bond donors (Lipinski definition) is 1. The maximum atomic E-state index is 13.2. The van der Waals surface area contributed by atoms with Crippen LogP contribution in [0.4, 0.5) is 11.5 Å². The quantitative estimate of drug-likeness (QED) is 0.645. The summed E-state index contributed by atoms with van der Waals surface area (Å²) in [5.41, 5.74) is 2.43. The van der Waals surface area contributed by atoms with Gasteiger partial charge in [-0.3, -0.25) is 9.78 Å². The molecule has 1 aliphatic rings. The van der Waals surface area contributed by atoms with Crippen LogP contribution in [0.1, 0.15) is 34.8 Å². The molecule has 0 spiro atoms. The molecule has 160 valence electrons. The maximum absolute atomic E-state index is 13.2. The maximum Gasteiger partial charge on any atom is 0.261 e. The summed E-state index contributed by atoms with van der Waals surface area (Å²) in [7, 11) is 3.13. The lowest BCUT2D eigenvalue weighted by Gasteiger charge is -2.32. The minimum atomic E-state index is -0.0596. The first-order chi connectivity index (χ1) is 15.2. The number of piperidine rings is 1. The molecule has 0 atom stereocenters. The van der Waals surface area contributed by atoms with E-state index in [0.29, 0.717) is 36.1 Å². The SMILES string of the molecule is COc1cccc(OC)c1C(=O)N1CCC(c2ccc(Nc3ccccn3)cn2)CC1. The molecule has 1 saturated heterocycles. The Labute approximate surface area is 182 Å². The number of likely N-dealkylation sites (tertiary alicyclic amines) is 1. The van der Waals surface area contributed by atoms with Crippen molar-refractivity contribution in [3.8, 4) is 11.5 Å². The van der Waals surface area contributed by atoms with E-state index in [0.717, 1.165) is 30.0 Å². The van der Waals surface area contributed by atoms with Crippen LogP contribution >= 0.6 is 0 Å². The number of carbonyl (C=O) groups is 1. The Hall–Kier alpha value is -3.61. The predicted octanol–water partition coefficient (Wildman–Crippen LogP) is 4.26. The van der Waals surface area contributed by atoms with E-state index in [-0.39, 0.29) is 5.91 Å². The summed E-state index contributed by atoms with van der Waals surface area (Å²) in [5.74, 6) is 2.12. The van der Waals surface area contributed by atoms with E-state index in [1.165, 1.54) is 0 Å². The first-order valence-electron chi connectivity index (χ1n) is 10.3. The first-order valence-corrected chi connectivity index (χ1v) is 10.3. The van der Waals surface area contributed by atoms with Gasteiger partial charge in [-0.15, -0.1) is 0 Å². The molecular formula is C24H26N4O3. The highest BCUT2D eigenvalue weighted by Gasteiger charge is 2.28. The molecule has 0 saturated carbocycles. The number of pyridine rings is 2. The molecule has 1 aliphatic heterocycles. The minimum Gasteiger partial charge on any atom is -0.496 e. The predicted molar refractivity (Wildman–Crippen MR) is 119 cm³/mol. The summed E-state index contributed by atoms with van der Waals surface area (Å²) in [6.45, 7) is 1.33. The number of benzene rings is 1. The molecule has 0 radical (unpaired) electrons. The van der Waals surface area contributed by atoms with Gasteiger partial charge < -0.3 is 19.7 Å². The van der Waals surface area contributed by atoms with Crippen molar-refractivity contribution in [3.05, 3.63) is 72.2 Å². The number of anilines is 2. The third-order valence-electron chi connectivity index (χ3n) is 5.57. The zero-order valence-electron chi connectivity index (χ0n) is 17.7. The second-order valence-corrected chi connectivity index (χ2v) is 7.42. The zero-order chi connectivity index (χ0) is 21.6. The van der Waals surface area contributed by atoms with Crippen molar-refractivity contribution in [2.45, 2.75) is 18.8 Å². The normalized spacial score (nSPS) is 14.2. The lowest BCUT2D eigenvalue weighted by Crippen LogP contribution is -2.38. The number of ether oxygens (including phenoxy) is 2. The highest BCUT2D eigenvalue weighted by atomic mass is 16.5. The van der Waals surface area contributed by atoms with E-state index >= 15 is 0 Å². The van der Waals surface area contributed by atoms with Crippen molar-refractivity contribution < 1.29 is 14.3 Å². The molecule has 1 aromatic carbocycles. The molecule has 0 bridgehead atoms. The topological polar surface area (TPSA) is 76.6 Å². The van der Waals surface area contributed by atoms with E-state index in [1.54, 1.807) is 32.5 Å². The second-order valence-electron chi connectivity index (χ2n) is 7.42. The molecule has 7 nitrogen and oxygen atoms in total. The number of nitrogens with one attached hydrogen (secondary N) is 1. The van der Waals surface area contributed by atoms with E-state index in [2.05, 4.69) is 21.4 Å². The molecule has 1 N–H and O–H groups in total. The molecular weight excluding hydrogens is 392 g/mol. The van der Waals surface area contributed by atoms with Gasteiger partial charge in [0.05, 0.1) is 26.1 Å². The zero-order valence-corrected chi connectivity index (χ0v) is 17.7. The number of amides is 1. The summed E-state index contributed by atoms with van der Waals surface area (Å²) >= 11 is 0. The monoisotopic (exact) mass is 418 g/mol. The standard InChI is InChI=1S/C24H26N4O3/c1-30-20-6-5-7-21(31-2)23(20)24(29)28-14-11-17(12-15-28)19-10-9-18(16-26-19)27-22-8-3-4-13-25-22/h3-10,13,16-17H,11-12,14-15H2,1-2H3,(H,25,27). The van der Waals surface area contributed by atoms with Crippen molar-refractivity contribution in [1.29, 1.82) is 0 Å². The molecule has 2 aromatic heterocycles. The van der Waals surface area contributed by atoms with Gasteiger partial charge in [0.2, 0.25) is 0 Å². The van der Waals surface area contributed by atoms with Crippen LogP contribution in [0.2, 0.25) is 0 Å². The Balaban J connectivity index is 1.39. The van der Waals surface area contributed by atoms with Crippen molar-refractivity contribution in [2.75, 3.05) is 32.6 Å². The molecule has 31 heavy (non-hydrogen) atoms. The summed E-state index contributed by atoms with van der Waals surface area (Å²) in [5, 5.41) is 3.25. The Morgan fingerprint density at radius 3 is 2.29 bits per heavy atom. The van der Waals surface area contributed by atoms with Gasteiger partial charge >= 0.3 is 0 Å². The lowest BCUT2D eigenvalue weighted by molar-refractivity contribution is 0.0705. The number of methoxy groups -OCH3 is 2. The van der Waals surface area contributed by atoms with E-state index in [1.807, 2.05) is 41.4 Å². The fraction of sp³-hybridized carbons (Fsp3) is 0.292. The van der Waals surface area contributed by atoms with E-state index < -0.39 is 0 Å². The van der Waals surface area contributed by atoms with Crippen LogP contribution < -0.4 is 14.8 Å². The van der Waals surface area contributed by atoms with Crippen molar-refractivity contribution in [1.82, 2.24) is 14.9 Å². The van der Waals surface area contributed by atoms with Crippen LogP contribution in [-0.4, -0.2) is 48.1 Å². The smallest absolute Gasteiger partial charge is 0.261 e. The van der Waals surface area contributed by atoms with Crippen LogP contribution in [0.5, 0.6) is 11.5 Å². The first kappa shape index (κ1) is 20.7. The summed E-state index contributed by atoms with van der Waals surface area (Å²) in [6, 6.07) is 15.2. The van der Waals surface area contributed by atoms with E-state index in [9.17, 15) is 4.79 Å². The van der Waals surface area contributed by atoms with Crippen LogP contribution in [0.25, 0.3) is 0 Å². The Morgan fingerprint density at radius 1 is 0.968 bits per heavy atom. The van der Waals surface area contributed by atoms with Gasteiger partial charge in [0, 0.05) is 30.9 Å². The molecule has 1 amide bonds. The van der Waals surface area contributed by atoms with Crippen LogP contribution in [-0.2, 0) is 0 Å². The van der Waals surface area contributed by atoms with Gasteiger partial charge in [0.25, 0.3) is 5.91 Å². The molecule has 3 heterocycles. The van der Waals surface area contributed by atoms with Crippen molar-refractivity contribution >= 4 is 17.4 Å². The lowest BCUT2D eigenvalue weighted by atomic mass is 9.92. The van der Waals surface area contributed by atoms with Gasteiger partial charge in [-0.25, -0.2) is 4.98 Å². The van der Waals surface area contributed by atoms with E-state index in [4.69, 9.17) is 9.47 Å². The fourth-order valence-corrected chi connectivity index (χ4v) is 3.90. The number of nitrogens with zero attached hydrogens (tertiary/aromatic N) is 3. The summed E-state index contributed by atoms with van der Waals surface area (Å²) < 4.78 is 10.8. The van der Waals surface area contributed by atoms with Gasteiger partial charge in [0.1, 0.15) is 22.9 Å². The summed E-state index contributed by atoms with van der Waals surface area (Å²) in [6.07, 6.45) is 5.31. The minimum absolute atomic E-state index is 0.0596. The number of aromatic nitrogens is 2. The van der Waals surface area contributed by atoms with Gasteiger partial charge in [-0.1, -0.05) is 12.1 Å². The number of rotatable bonds is 6. The Morgan fingerprint density at radius 2 is 1.71 bits per heavy atom.